The van der Waals surface area contributed by atoms with E-state index in [1.165, 1.54) is 22.3 Å². The quantitative estimate of drug-likeness (QED) is 0.402. The summed E-state index contributed by atoms with van der Waals surface area (Å²) < 4.78 is 6.44. The normalized spacial score (nSPS) is 14.6. The minimum absolute atomic E-state index is 0.109. The van der Waals surface area contributed by atoms with Crippen molar-refractivity contribution >= 4 is 49.9 Å². The molecule has 0 heterocycles. The molecule has 0 bridgehead atoms. The largest absolute Gasteiger partial charge is 0.496 e. The highest BCUT2D eigenvalue weighted by Gasteiger charge is 2.37. The first kappa shape index (κ1) is 16.3. The molecule has 0 saturated heterocycles. The van der Waals surface area contributed by atoms with E-state index in [0.29, 0.717) is 10.0 Å². The molecular weight excluding hydrogens is 407 g/mol. The lowest BCUT2D eigenvalue weighted by Gasteiger charge is -2.22. The predicted molar refractivity (Wildman–Crippen MR) is 106 cm³/mol. The lowest BCUT2D eigenvalue weighted by Crippen LogP contribution is -2.15. The first-order valence-corrected chi connectivity index (χ1v) is 9.20. The summed E-state index contributed by atoms with van der Waals surface area (Å²) in [5.41, 5.74) is 4.83. The average Bonchev–Trinajstić information content (AvgIpc) is 2.74. The van der Waals surface area contributed by atoms with Crippen LogP contribution >= 0.6 is 39.1 Å². The summed E-state index contributed by atoms with van der Waals surface area (Å²) in [7, 11) is 1.69. The monoisotopic (exact) mass is 420 g/mol. The minimum Gasteiger partial charge on any atom is -0.496 e. The standard InChI is InChI=1S/C20H15BrCl2O/c1-20(2)14-5-4-11-12(6-10(22)7-17(11)23)19(14)13-8-16(21)18(24-3)9-15(13)20/h4-9H,1-3H3. The summed E-state index contributed by atoms with van der Waals surface area (Å²) in [6.45, 7) is 4.48. The molecule has 0 amide bonds. The van der Waals surface area contributed by atoms with Crippen LogP contribution in [0.5, 0.6) is 5.75 Å². The van der Waals surface area contributed by atoms with E-state index in [2.05, 4.69) is 54.0 Å². The Morgan fingerprint density at radius 2 is 1.71 bits per heavy atom. The zero-order valence-electron chi connectivity index (χ0n) is 13.5. The van der Waals surface area contributed by atoms with Gasteiger partial charge in [-0.2, -0.15) is 0 Å². The van der Waals surface area contributed by atoms with E-state index in [-0.39, 0.29) is 5.41 Å². The smallest absolute Gasteiger partial charge is 0.133 e. The van der Waals surface area contributed by atoms with Gasteiger partial charge < -0.3 is 4.74 Å². The maximum absolute atomic E-state index is 6.43. The summed E-state index contributed by atoms with van der Waals surface area (Å²) >= 11 is 16.3. The lowest BCUT2D eigenvalue weighted by molar-refractivity contribution is 0.411. The Labute approximate surface area is 159 Å². The van der Waals surface area contributed by atoms with Gasteiger partial charge in [-0.05, 0) is 67.8 Å². The van der Waals surface area contributed by atoms with Gasteiger partial charge in [-0.25, -0.2) is 0 Å². The van der Waals surface area contributed by atoms with E-state index < -0.39 is 0 Å². The van der Waals surface area contributed by atoms with Crippen molar-refractivity contribution in [2.24, 2.45) is 0 Å². The third kappa shape index (κ3) is 2.13. The number of hydrogen-bond donors (Lipinski definition) is 0. The van der Waals surface area contributed by atoms with Crippen LogP contribution in [0.25, 0.3) is 21.9 Å². The molecule has 0 radical (unpaired) electrons. The summed E-state index contributed by atoms with van der Waals surface area (Å²) in [6.07, 6.45) is 0. The zero-order chi connectivity index (χ0) is 17.2. The third-order valence-electron chi connectivity index (χ3n) is 4.96. The molecule has 0 saturated carbocycles. The maximum Gasteiger partial charge on any atom is 0.133 e. The number of rotatable bonds is 1. The number of hydrogen-bond acceptors (Lipinski definition) is 1. The molecule has 0 aromatic heterocycles. The highest BCUT2D eigenvalue weighted by atomic mass is 79.9. The van der Waals surface area contributed by atoms with Gasteiger partial charge in [0.15, 0.2) is 0 Å². The average molecular weight is 422 g/mol. The van der Waals surface area contributed by atoms with Crippen molar-refractivity contribution in [3.8, 4) is 16.9 Å². The Balaban J connectivity index is 2.17. The second-order valence-corrected chi connectivity index (χ2v) is 8.33. The summed E-state index contributed by atoms with van der Waals surface area (Å²) in [5.74, 6) is 0.843. The van der Waals surface area contributed by atoms with Gasteiger partial charge in [0.05, 0.1) is 11.6 Å². The molecule has 0 aliphatic heterocycles. The van der Waals surface area contributed by atoms with Crippen LogP contribution in [0.15, 0.2) is 40.9 Å². The fraction of sp³-hybridized carbons (Fsp3) is 0.200. The first-order valence-electron chi connectivity index (χ1n) is 7.65. The van der Waals surface area contributed by atoms with E-state index in [1.54, 1.807) is 13.2 Å². The van der Waals surface area contributed by atoms with Crippen molar-refractivity contribution in [3.63, 3.8) is 0 Å². The second-order valence-electron chi connectivity index (χ2n) is 6.63. The number of halogens is 3. The van der Waals surface area contributed by atoms with E-state index in [1.807, 2.05) is 6.07 Å². The van der Waals surface area contributed by atoms with E-state index in [0.717, 1.165) is 21.0 Å². The minimum atomic E-state index is -0.109. The van der Waals surface area contributed by atoms with Gasteiger partial charge in [0.2, 0.25) is 0 Å². The van der Waals surface area contributed by atoms with Gasteiger partial charge in [0, 0.05) is 20.8 Å². The molecular formula is C20H15BrCl2O. The number of ether oxygens (including phenoxy) is 1. The summed E-state index contributed by atoms with van der Waals surface area (Å²) in [4.78, 5) is 0. The Bertz CT molecular complexity index is 1010. The van der Waals surface area contributed by atoms with Gasteiger partial charge in [-0.1, -0.05) is 49.2 Å². The van der Waals surface area contributed by atoms with E-state index in [4.69, 9.17) is 27.9 Å². The summed E-state index contributed by atoms with van der Waals surface area (Å²) in [6, 6.07) is 12.3. The Morgan fingerprint density at radius 3 is 2.42 bits per heavy atom. The molecule has 0 N–H and O–H groups in total. The number of benzene rings is 3. The topological polar surface area (TPSA) is 9.23 Å². The van der Waals surface area contributed by atoms with Gasteiger partial charge in [-0.3, -0.25) is 0 Å². The molecule has 24 heavy (non-hydrogen) atoms. The van der Waals surface area contributed by atoms with Crippen molar-refractivity contribution in [2.75, 3.05) is 7.11 Å². The number of fused-ring (bicyclic) bond motifs is 5. The van der Waals surface area contributed by atoms with Gasteiger partial charge in [-0.15, -0.1) is 0 Å². The molecule has 0 spiro atoms. The lowest BCUT2D eigenvalue weighted by atomic mass is 9.82. The SMILES string of the molecule is COc1cc2c(cc1Br)-c1c(ccc3c(Cl)cc(Cl)cc13)C2(C)C. The van der Waals surface area contributed by atoms with Crippen LogP contribution in [-0.4, -0.2) is 7.11 Å². The molecule has 1 aliphatic carbocycles. The van der Waals surface area contributed by atoms with Gasteiger partial charge in [0.25, 0.3) is 0 Å². The second kappa shape index (κ2) is 5.39. The van der Waals surface area contributed by atoms with Crippen LogP contribution < -0.4 is 4.74 Å². The fourth-order valence-corrected chi connectivity index (χ4v) is 4.81. The molecule has 0 fully saturated rings. The van der Waals surface area contributed by atoms with Gasteiger partial charge in [0.1, 0.15) is 5.75 Å². The van der Waals surface area contributed by atoms with Crippen LogP contribution in [0, 0.1) is 0 Å². The molecule has 0 unspecified atom stereocenters. The van der Waals surface area contributed by atoms with Crippen molar-refractivity contribution < 1.29 is 4.74 Å². The molecule has 4 heteroatoms. The Morgan fingerprint density at radius 1 is 0.958 bits per heavy atom. The Hall–Kier alpha value is -1.22. The highest BCUT2D eigenvalue weighted by Crippen LogP contribution is 2.54. The molecule has 3 aromatic carbocycles. The van der Waals surface area contributed by atoms with Crippen molar-refractivity contribution in [3.05, 3.63) is 62.0 Å². The highest BCUT2D eigenvalue weighted by molar-refractivity contribution is 9.10. The van der Waals surface area contributed by atoms with Gasteiger partial charge >= 0.3 is 0 Å². The maximum atomic E-state index is 6.43. The molecule has 122 valence electrons. The van der Waals surface area contributed by atoms with Crippen LogP contribution in [0.1, 0.15) is 25.0 Å². The van der Waals surface area contributed by atoms with Crippen LogP contribution in [0.2, 0.25) is 10.0 Å². The molecule has 0 atom stereocenters. The van der Waals surface area contributed by atoms with Crippen molar-refractivity contribution in [2.45, 2.75) is 19.3 Å². The molecule has 1 nitrogen and oxygen atoms in total. The molecule has 3 aromatic rings. The Kier molecular flexibility index (Phi) is 3.65. The predicted octanol–water partition coefficient (Wildman–Crippen LogP) is 7.22. The van der Waals surface area contributed by atoms with Crippen molar-refractivity contribution in [1.82, 2.24) is 0 Å². The number of methoxy groups -OCH3 is 1. The fourth-order valence-electron chi connectivity index (χ4n) is 3.75. The third-order valence-corrected chi connectivity index (χ3v) is 6.11. The first-order chi connectivity index (χ1) is 11.3. The molecule has 1 aliphatic rings. The van der Waals surface area contributed by atoms with E-state index in [9.17, 15) is 0 Å². The van der Waals surface area contributed by atoms with Crippen molar-refractivity contribution in [1.29, 1.82) is 0 Å². The molecule has 4 rings (SSSR count). The van der Waals surface area contributed by atoms with Crippen LogP contribution in [0.4, 0.5) is 0 Å². The van der Waals surface area contributed by atoms with Crippen LogP contribution in [0.3, 0.4) is 0 Å². The summed E-state index contributed by atoms with van der Waals surface area (Å²) in [5, 5.41) is 3.45. The zero-order valence-corrected chi connectivity index (χ0v) is 16.6. The van der Waals surface area contributed by atoms with Crippen LogP contribution in [-0.2, 0) is 5.41 Å². The van der Waals surface area contributed by atoms with E-state index >= 15 is 0 Å².